The number of benzene rings is 1. The zero-order valence-corrected chi connectivity index (χ0v) is 10.9. The highest BCUT2D eigenvalue weighted by Crippen LogP contribution is 2.21. The van der Waals surface area contributed by atoms with Crippen molar-refractivity contribution in [1.82, 2.24) is 5.32 Å². The van der Waals surface area contributed by atoms with Gasteiger partial charge in [0, 0.05) is 12.3 Å². The SMILES string of the molecule is CS(=O)(=O)c1cc(F)c(CC2CCCN2)cc1F. The minimum atomic E-state index is -3.73. The molecule has 1 saturated heterocycles. The minimum absolute atomic E-state index is 0.142. The van der Waals surface area contributed by atoms with Gasteiger partial charge in [-0.3, -0.25) is 0 Å². The van der Waals surface area contributed by atoms with Gasteiger partial charge in [-0.2, -0.15) is 0 Å². The van der Waals surface area contributed by atoms with Gasteiger partial charge in [0.05, 0.1) is 0 Å². The molecule has 1 atom stereocenters. The van der Waals surface area contributed by atoms with Gasteiger partial charge in [-0.1, -0.05) is 0 Å². The van der Waals surface area contributed by atoms with E-state index in [9.17, 15) is 17.2 Å². The van der Waals surface area contributed by atoms with Crippen LogP contribution in [0.15, 0.2) is 17.0 Å². The van der Waals surface area contributed by atoms with Crippen LogP contribution in [0.5, 0.6) is 0 Å². The van der Waals surface area contributed by atoms with E-state index < -0.39 is 26.4 Å². The topological polar surface area (TPSA) is 46.2 Å². The first-order valence-electron chi connectivity index (χ1n) is 5.79. The molecule has 1 fully saturated rings. The fraction of sp³-hybridized carbons (Fsp3) is 0.500. The van der Waals surface area contributed by atoms with Crippen LogP contribution in [0.3, 0.4) is 0 Å². The van der Waals surface area contributed by atoms with E-state index >= 15 is 0 Å². The average molecular weight is 275 g/mol. The quantitative estimate of drug-likeness (QED) is 0.912. The van der Waals surface area contributed by atoms with Gasteiger partial charge in [-0.25, -0.2) is 17.2 Å². The van der Waals surface area contributed by atoms with E-state index in [1.54, 1.807) is 0 Å². The highest BCUT2D eigenvalue weighted by Gasteiger charge is 2.21. The largest absolute Gasteiger partial charge is 0.314 e. The van der Waals surface area contributed by atoms with Gasteiger partial charge < -0.3 is 5.32 Å². The Labute approximate surface area is 105 Å². The second-order valence-electron chi connectivity index (χ2n) is 4.64. The van der Waals surface area contributed by atoms with Crippen molar-refractivity contribution >= 4 is 9.84 Å². The third-order valence-corrected chi connectivity index (χ3v) is 4.24. The second-order valence-corrected chi connectivity index (χ2v) is 6.63. The number of hydrogen-bond acceptors (Lipinski definition) is 3. The summed E-state index contributed by atoms with van der Waals surface area (Å²) in [6.45, 7) is 0.885. The summed E-state index contributed by atoms with van der Waals surface area (Å²) in [4.78, 5) is -0.580. The van der Waals surface area contributed by atoms with E-state index in [0.29, 0.717) is 6.42 Å². The molecular weight excluding hydrogens is 260 g/mol. The van der Waals surface area contributed by atoms with Gasteiger partial charge in [0.2, 0.25) is 0 Å². The zero-order chi connectivity index (χ0) is 13.3. The molecule has 1 N–H and O–H groups in total. The zero-order valence-electron chi connectivity index (χ0n) is 10.0. The maximum atomic E-state index is 13.8. The lowest BCUT2D eigenvalue weighted by molar-refractivity contribution is 0.531. The number of hydrogen-bond donors (Lipinski definition) is 1. The number of sulfone groups is 1. The summed E-state index contributed by atoms with van der Waals surface area (Å²) in [5, 5.41) is 3.19. The van der Waals surface area contributed by atoms with Gasteiger partial charge >= 0.3 is 0 Å². The molecule has 1 aromatic rings. The Morgan fingerprint density at radius 3 is 2.61 bits per heavy atom. The Morgan fingerprint density at radius 2 is 2.06 bits per heavy atom. The van der Waals surface area contributed by atoms with Crippen LogP contribution in [0.2, 0.25) is 0 Å². The Bertz CT molecular complexity index is 551. The fourth-order valence-corrected chi connectivity index (χ4v) is 2.94. The van der Waals surface area contributed by atoms with Crippen LogP contribution in [0.25, 0.3) is 0 Å². The first-order chi connectivity index (χ1) is 8.38. The lowest BCUT2D eigenvalue weighted by atomic mass is 10.0. The lowest BCUT2D eigenvalue weighted by Gasteiger charge is -2.12. The molecular formula is C12H15F2NO2S. The standard InChI is InChI=1S/C12H15F2NO2S/c1-18(16,17)12-7-10(13)8(6-11(12)14)5-9-3-2-4-15-9/h6-7,9,15H,2-5H2,1H3. The number of halogens is 2. The molecule has 0 aromatic heterocycles. The van der Waals surface area contributed by atoms with Crippen molar-refractivity contribution in [1.29, 1.82) is 0 Å². The minimum Gasteiger partial charge on any atom is -0.314 e. The van der Waals surface area contributed by atoms with Crippen LogP contribution in [-0.2, 0) is 16.3 Å². The summed E-state index contributed by atoms with van der Waals surface area (Å²) >= 11 is 0. The van der Waals surface area contributed by atoms with E-state index in [1.165, 1.54) is 0 Å². The smallest absolute Gasteiger partial charge is 0.178 e. The molecule has 0 bridgehead atoms. The van der Waals surface area contributed by atoms with Crippen molar-refractivity contribution in [2.45, 2.75) is 30.2 Å². The van der Waals surface area contributed by atoms with Crippen molar-refractivity contribution in [3.05, 3.63) is 29.3 Å². The third kappa shape index (κ3) is 2.87. The number of rotatable bonds is 3. The van der Waals surface area contributed by atoms with Crippen molar-refractivity contribution < 1.29 is 17.2 Å². The van der Waals surface area contributed by atoms with Crippen molar-refractivity contribution in [3.63, 3.8) is 0 Å². The van der Waals surface area contributed by atoms with E-state index in [1.807, 2.05) is 0 Å². The average Bonchev–Trinajstić information content (AvgIpc) is 2.74. The van der Waals surface area contributed by atoms with E-state index in [2.05, 4.69) is 5.32 Å². The van der Waals surface area contributed by atoms with Crippen LogP contribution >= 0.6 is 0 Å². The van der Waals surface area contributed by atoms with E-state index in [-0.39, 0.29) is 11.6 Å². The van der Waals surface area contributed by atoms with Crippen LogP contribution in [0.1, 0.15) is 18.4 Å². The summed E-state index contributed by atoms with van der Waals surface area (Å²) in [6, 6.07) is 1.91. The normalized spacial score (nSPS) is 20.3. The van der Waals surface area contributed by atoms with Crippen molar-refractivity contribution in [2.24, 2.45) is 0 Å². The van der Waals surface area contributed by atoms with Crippen molar-refractivity contribution in [3.8, 4) is 0 Å². The lowest BCUT2D eigenvalue weighted by Crippen LogP contribution is -2.24. The number of nitrogens with one attached hydrogen (secondary N) is 1. The fourth-order valence-electron chi connectivity index (χ4n) is 2.21. The highest BCUT2D eigenvalue weighted by molar-refractivity contribution is 7.90. The Hall–Kier alpha value is -1.01. The van der Waals surface area contributed by atoms with Gasteiger partial charge in [-0.05, 0) is 43.5 Å². The monoisotopic (exact) mass is 275 g/mol. The van der Waals surface area contributed by atoms with E-state index in [4.69, 9.17) is 0 Å². The molecule has 18 heavy (non-hydrogen) atoms. The molecule has 1 aliphatic rings. The molecule has 0 saturated carbocycles. The van der Waals surface area contributed by atoms with Crippen molar-refractivity contribution in [2.75, 3.05) is 12.8 Å². The summed E-state index contributed by atoms with van der Waals surface area (Å²) in [7, 11) is -3.73. The van der Waals surface area contributed by atoms with E-state index in [0.717, 1.165) is 37.8 Å². The van der Waals surface area contributed by atoms with Crippen LogP contribution in [0, 0.1) is 11.6 Å². The molecule has 3 nitrogen and oxygen atoms in total. The first-order valence-corrected chi connectivity index (χ1v) is 7.68. The molecule has 2 rings (SSSR count). The molecule has 1 aliphatic heterocycles. The highest BCUT2D eigenvalue weighted by atomic mass is 32.2. The Kier molecular flexibility index (Phi) is 3.68. The predicted octanol–water partition coefficient (Wildman–Crippen LogP) is 1.66. The van der Waals surface area contributed by atoms with Gasteiger partial charge in [-0.15, -0.1) is 0 Å². The maximum absolute atomic E-state index is 13.8. The maximum Gasteiger partial charge on any atom is 0.178 e. The molecule has 6 heteroatoms. The summed E-state index contributed by atoms with van der Waals surface area (Å²) in [5.41, 5.74) is 0.222. The van der Waals surface area contributed by atoms with Crippen LogP contribution in [-0.4, -0.2) is 27.3 Å². The van der Waals surface area contributed by atoms with Crippen LogP contribution < -0.4 is 5.32 Å². The Balaban J connectivity index is 2.30. The third-order valence-electron chi connectivity index (χ3n) is 3.13. The molecule has 0 radical (unpaired) electrons. The summed E-state index contributed by atoms with van der Waals surface area (Å²) in [6.07, 6.45) is 3.20. The molecule has 1 aromatic carbocycles. The molecule has 1 heterocycles. The molecule has 100 valence electrons. The molecule has 0 spiro atoms. The molecule has 0 aliphatic carbocycles. The summed E-state index contributed by atoms with van der Waals surface area (Å²) < 4.78 is 49.9. The molecule has 0 amide bonds. The van der Waals surface area contributed by atoms with Gasteiger partial charge in [0.15, 0.2) is 9.84 Å². The first kappa shape index (κ1) is 13.4. The van der Waals surface area contributed by atoms with Crippen LogP contribution in [0.4, 0.5) is 8.78 Å². The molecule has 1 unspecified atom stereocenters. The predicted molar refractivity (Wildman–Crippen MR) is 64.2 cm³/mol. The van der Waals surface area contributed by atoms with Gasteiger partial charge in [0.1, 0.15) is 16.5 Å². The summed E-state index contributed by atoms with van der Waals surface area (Å²) in [5.74, 6) is -1.54. The second kappa shape index (κ2) is 4.93. The van der Waals surface area contributed by atoms with Gasteiger partial charge in [0.25, 0.3) is 0 Å². The Morgan fingerprint density at radius 1 is 1.33 bits per heavy atom.